The predicted octanol–water partition coefficient (Wildman–Crippen LogP) is 0.550. The minimum atomic E-state index is -1.44. The Bertz CT molecular complexity index is 1110. The molecule has 1 aromatic carbocycles. The molecule has 6 atom stereocenters. The maximum atomic E-state index is 13.0. The van der Waals surface area contributed by atoms with Crippen LogP contribution in [0.5, 0.6) is 5.75 Å². The molecule has 0 radical (unpaired) electrons. The number of rotatable bonds is 10. The van der Waals surface area contributed by atoms with Gasteiger partial charge in [-0.1, -0.05) is 12.1 Å². The van der Waals surface area contributed by atoms with Crippen LogP contribution in [0.2, 0.25) is 0 Å². The summed E-state index contributed by atoms with van der Waals surface area (Å²) in [7, 11) is 0. The molecule has 218 valence electrons. The van der Waals surface area contributed by atoms with Crippen molar-refractivity contribution in [1.82, 2.24) is 0 Å². The lowest BCUT2D eigenvalue weighted by Crippen LogP contribution is -2.63. The Labute approximate surface area is 229 Å². The fraction of sp³-hybridized carbons (Fsp3) is 0.538. The van der Waals surface area contributed by atoms with Gasteiger partial charge in [0.1, 0.15) is 31.2 Å². The van der Waals surface area contributed by atoms with Gasteiger partial charge < -0.3 is 37.9 Å². The fourth-order valence-corrected chi connectivity index (χ4v) is 4.07. The number of hydrogen-bond acceptors (Lipinski definition) is 14. The molecule has 0 N–H and O–H groups in total. The molecule has 0 bridgehead atoms. The van der Waals surface area contributed by atoms with E-state index in [2.05, 4.69) is 0 Å². The third-order valence-corrected chi connectivity index (χ3v) is 5.60. The third-order valence-electron chi connectivity index (χ3n) is 5.60. The minimum Gasteiger partial charge on any atom is -0.463 e. The molecule has 14 heteroatoms. The summed E-state index contributed by atoms with van der Waals surface area (Å²) >= 11 is 0. The number of esters is 6. The highest BCUT2D eigenvalue weighted by Gasteiger charge is 2.53. The van der Waals surface area contributed by atoms with Gasteiger partial charge in [-0.05, 0) is 17.7 Å². The van der Waals surface area contributed by atoms with Crippen LogP contribution in [-0.2, 0) is 68.3 Å². The monoisotopic (exact) mass is 566 g/mol. The van der Waals surface area contributed by atoms with Crippen LogP contribution < -0.4 is 4.74 Å². The van der Waals surface area contributed by atoms with Crippen molar-refractivity contribution >= 4 is 35.8 Å². The largest absolute Gasteiger partial charge is 0.463 e. The summed E-state index contributed by atoms with van der Waals surface area (Å²) in [6.45, 7) is 4.09. The van der Waals surface area contributed by atoms with E-state index in [0.717, 1.165) is 20.8 Å². The lowest BCUT2D eigenvalue weighted by Gasteiger charge is -2.44. The summed E-state index contributed by atoms with van der Waals surface area (Å²) < 4.78 is 43.1. The highest BCUT2D eigenvalue weighted by molar-refractivity contribution is 5.74. The van der Waals surface area contributed by atoms with Crippen molar-refractivity contribution in [1.29, 1.82) is 0 Å². The molecule has 14 nitrogen and oxygen atoms in total. The number of carbonyl (C=O) groups is 6. The minimum absolute atomic E-state index is 0.0903. The molecular formula is C26H30O14. The molecule has 2 heterocycles. The molecule has 0 aromatic heterocycles. The summed E-state index contributed by atoms with van der Waals surface area (Å²) in [5.41, 5.74) is 0.502. The van der Waals surface area contributed by atoms with Gasteiger partial charge in [-0.25, -0.2) is 0 Å². The SMILES string of the molecule is CC(=O)OCC1OC(OC2COC(=O)C2)C(OC(C)=O)C(OC(C)=O)C1OC(=O)Cc1ccc(OC(C)=O)cc1. The molecule has 3 rings (SSSR count). The van der Waals surface area contributed by atoms with Crippen molar-refractivity contribution in [3.05, 3.63) is 29.8 Å². The second-order valence-corrected chi connectivity index (χ2v) is 9.01. The second kappa shape index (κ2) is 13.8. The molecule has 6 unspecified atom stereocenters. The highest BCUT2D eigenvalue weighted by atomic mass is 16.7. The average Bonchev–Trinajstić information content (AvgIpc) is 3.26. The van der Waals surface area contributed by atoms with E-state index in [0.29, 0.717) is 5.56 Å². The first-order valence-electron chi connectivity index (χ1n) is 12.3. The zero-order chi connectivity index (χ0) is 29.4. The topological polar surface area (TPSA) is 176 Å². The van der Waals surface area contributed by atoms with Crippen LogP contribution in [0, 0.1) is 0 Å². The molecule has 0 saturated carbocycles. The first-order valence-corrected chi connectivity index (χ1v) is 12.3. The Kier molecular flexibility index (Phi) is 10.6. The number of cyclic esters (lactones) is 1. The average molecular weight is 567 g/mol. The summed E-state index contributed by atoms with van der Waals surface area (Å²) in [4.78, 5) is 71.3. The van der Waals surface area contributed by atoms with Gasteiger partial charge in [-0.2, -0.15) is 0 Å². The van der Waals surface area contributed by atoms with E-state index in [1.54, 1.807) is 12.1 Å². The van der Waals surface area contributed by atoms with Gasteiger partial charge in [0, 0.05) is 27.7 Å². The molecule has 2 saturated heterocycles. The van der Waals surface area contributed by atoms with Crippen molar-refractivity contribution in [2.24, 2.45) is 0 Å². The van der Waals surface area contributed by atoms with Gasteiger partial charge in [0.25, 0.3) is 0 Å². The Morgan fingerprint density at radius 1 is 0.825 bits per heavy atom. The van der Waals surface area contributed by atoms with E-state index in [1.807, 2.05) is 0 Å². The van der Waals surface area contributed by atoms with E-state index in [4.69, 9.17) is 37.9 Å². The number of hydrogen-bond donors (Lipinski definition) is 0. The fourth-order valence-electron chi connectivity index (χ4n) is 4.07. The first-order chi connectivity index (χ1) is 18.9. The zero-order valence-corrected chi connectivity index (χ0v) is 22.3. The van der Waals surface area contributed by atoms with Crippen LogP contribution in [0.25, 0.3) is 0 Å². The summed E-state index contributed by atoms with van der Waals surface area (Å²) in [5.74, 6) is -3.76. The number of benzene rings is 1. The molecule has 0 aliphatic carbocycles. The van der Waals surface area contributed by atoms with Crippen LogP contribution in [0.3, 0.4) is 0 Å². The van der Waals surface area contributed by atoms with Crippen molar-refractivity contribution in [3.63, 3.8) is 0 Å². The van der Waals surface area contributed by atoms with Gasteiger partial charge in [-0.3, -0.25) is 28.8 Å². The van der Waals surface area contributed by atoms with E-state index in [1.165, 1.54) is 19.1 Å². The zero-order valence-electron chi connectivity index (χ0n) is 22.3. The molecule has 1 aromatic rings. The van der Waals surface area contributed by atoms with Crippen molar-refractivity contribution in [2.75, 3.05) is 13.2 Å². The van der Waals surface area contributed by atoms with Crippen molar-refractivity contribution < 1.29 is 66.7 Å². The van der Waals surface area contributed by atoms with E-state index < -0.39 is 79.2 Å². The van der Waals surface area contributed by atoms with Gasteiger partial charge in [0.05, 0.1) is 12.8 Å². The maximum absolute atomic E-state index is 13.0. The van der Waals surface area contributed by atoms with E-state index in [-0.39, 0.29) is 25.2 Å². The highest BCUT2D eigenvalue weighted by Crippen LogP contribution is 2.31. The lowest BCUT2D eigenvalue weighted by molar-refractivity contribution is -0.316. The third kappa shape index (κ3) is 9.02. The summed E-state index contributed by atoms with van der Waals surface area (Å²) in [6, 6.07) is 6.09. The quantitative estimate of drug-likeness (QED) is 0.218. The molecule has 2 fully saturated rings. The van der Waals surface area contributed by atoms with Gasteiger partial charge in [0.15, 0.2) is 24.6 Å². The molecule has 40 heavy (non-hydrogen) atoms. The van der Waals surface area contributed by atoms with Crippen LogP contribution in [0.15, 0.2) is 24.3 Å². The van der Waals surface area contributed by atoms with Crippen LogP contribution >= 0.6 is 0 Å². The molecule has 0 amide bonds. The van der Waals surface area contributed by atoms with Gasteiger partial charge >= 0.3 is 35.8 Å². The van der Waals surface area contributed by atoms with Crippen LogP contribution in [-0.4, -0.2) is 85.8 Å². The Morgan fingerprint density at radius 3 is 2.02 bits per heavy atom. The number of carbonyl (C=O) groups excluding carboxylic acids is 6. The van der Waals surface area contributed by atoms with Crippen molar-refractivity contribution in [2.45, 2.75) is 77.3 Å². The summed E-state index contributed by atoms with van der Waals surface area (Å²) in [5, 5.41) is 0. The lowest BCUT2D eigenvalue weighted by atomic mass is 9.97. The molecule has 0 spiro atoms. The second-order valence-electron chi connectivity index (χ2n) is 9.01. The smallest absolute Gasteiger partial charge is 0.310 e. The Morgan fingerprint density at radius 2 is 1.48 bits per heavy atom. The van der Waals surface area contributed by atoms with Crippen LogP contribution in [0.1, 0.15) is 39.7 Å². The molecular weight excluding hydrogens is 536 g/mol. The van der Waals surface area contributed by atoms with E-state index in [9.17, 15) is 28.8 Å². The molecule has 2 aliphatic rings. The standard InChI is InChI=1S/C26H30O14/c1-13(27)33-12-20-23(40-22(32)9-17-5-7-18(8-6-17)35-14(2)28)24(36-15(3)29)25(37-16(4)30)26(39-20)38-19-10-21(31)34-11-19/h5-8,19-20,23-26H,9-12H2,1-4H3. The van der Waals surface area contributed by atoms with Crippen LogP contribution in [0.4, 0.5) is 0 Å². The number of ether oxygens (including phenoxy) is 8. The molecule has 2 aliphatic heterocycles. The maximum Gasteiger partial charge on any atom is 0.310 e. The van der Waals surface area contributed by atoms with Gasteiger partial charge in [-0.15, -0.1) is 0 Å². The summed E-state index contributed by atoms with van der Waals surface area (Å²) in [6.07, 6.45) is -8.01. The van der Waals surface area contributed by atoms with Crippen molar-refractivity contribution in [3.8, 4) is 5.75 Å². The van der Waals surface area contributed by atoms with Gasteiger partial charge in [0.2, 0.25) is 0 Å². The Hall–Kier alpha value is -4.04. The van der Waals surface area contributed by atoms with E-state index >= 15 is 0 Å². The predicted molar refractivity (Wildman–Crippen MR) is 128 cm³/mol. The Balaban J connectivity index is 1.86. The first kappa shape index (κ1) is 30.5. The normalized spacial score (nSPS) is 25.8.